The summed E-state index contributed by atoms with van der Waals surface area (Å²) >= 11 is 0. The van der Waals surface area contributed by atoms with E-state index in [1.165, 1.54) is 6.92 Å². The van der Waals surface area contributed by atoms with Crippen LogP contribution in [0, 0.1) is 0 Å². The van der Waals surface area contributed by atoms with E-state index < -0.39 is 26.0 Å². The van der Waals surface area contributed by atoms with Crippen molar-refractivity contribution in [1.29, 1.82) is 0 Å². The van der Waals surface area contributed by atoms with Gasteiger partial charge in [0, 0.05) is 5.57 Å². The lowest BCUT2D eigenvalue weighted by molar-refractivity contribution is -0.137. The predicted octanol–water partition coefficient (Wildman–Crippen LogP) is 1.67. The molecule has 0 radical (unpaired) electrons. The molecule has 1 unspecified atom stereocenters. The number of hydrogen-bond acceptors (Lipinski definition) is 4. The summed E-state index contributed by atoms with van der Waals surface area (Å²) in [4.78, 5) is 20.0. The van der Waals surface area contributed by atoms with Crippen molar-refractivity contribution in [3.05, 3.63) is 12.2 Å². The summed E-state index contributed by atoms with van der Waals surface area (Å²) in [6.07, 6.45) is -1.04. The van der Waals surface area contributed by atoms with Crippen molar-refractivity contribution in [3.8, 4) is 0 Å². The molecule has 5 nitrogen and oxygen atoms in total. The van der Waals surface area contributed by atoms with E-state index in [1.54, 1.807) is 13.8 Å². The maximum Gasteiger partial charge on any atom is 0.365 e. The van der Waals surface area contributed by atoms with Crippen molar-refractivity contribution in [2.45, 2.75) is 26.9 Å². The van der Waals surface area contributed by atoms with Crippen LogP contribution in [0.1, 0.15) is 20.8 Å². The molecule has 0 bridgehead atoms. The Bertz CT molecular complexity index is 271. The van der Waals surface area contributed by atoms with Crippen LogP contribution in [0.5, 0.6) is 0 Å². The van der Waals surface area contributed by atoms with Crippen LogP contribution in [0.4, 0.5) is 0 Å². The van der Waals surface area contributed by atoms with Crippen molar-refractivity contribution in [2.75, 3.05) is 6.35 Å². The molecule has 0 aromatic heterocycles. The number of carbonyl (C=O) groups is 1. The zero-order valence-electron chi connectivity index (χ0n) is 8.52. The lowest BCUT2D eigenvalue weighted by Gasteiger charge is -2.14. The zero-order chi connectivity index (χ0) is 11.4. The Morgan fingerprint density at radius 2 is 2.07 bits per heavy atom. The molecule has 1 atom stereocenters. The standard InChI is InChI=1S/C8H15O5P/c1-6(2)8(9)12-5-14(10,11)13-7(3)4/h7H,1,5H2,2-4H3,(H,10,11). The molecule has 1 N–H and O–H groups in total. The molecular weight excluding hydrogens is 207 g/mol. The van der Waals surface area contributed by atoms with Crippen LogP contribution >= 0.6 is 7.60 Å². The first-order valence-electron chi connectivity index (χ1n) is 4.07. The lowest BCUT2D eigenvalue weighted by atomic mass is 10.4. The largest absolute Gasteiger partial charge is 0.449 e. The van der Waals surface area contributed by atoms with E-state index in [4.69, 9.17) is 4.89 Å². The highest BCUT2D eigenvalue weighted by atomic mass is 31.2. The van der Waals surface area contributed by atoms with Gasteiger partial charge in [0.05, 0.1) is 6.10 Å². The third-order valence-corrected chi connectivity index (χ3v) is 2.29. The number of esters is 1. The van der Waals surface area contributed by atoms with Gasteiger partial charge in [0.2, 0.25) is 0 Å². The molecule has 0 aliphatic heterocycles. The average Bonchev–Trinajstić information content (AvgIpc) is 1.97. The van der Waals surface area contributed by atoms with Crippen LogP contribution in [0.15, 0.2) is 12.2 Å². The summed E-state index contributed by atoms with van der Waals surface area (Å²) in [6.45, 7) is 8.01. The molecule has 0 heterocycles. The smallest absolute Gasteiger partial charge is 0.365 e. The molecule has 0 spiro atoms. The fourth-order valence-corrected chi connectivity index (χ4v) is 1.62. The summed E-state index contributed by atoms with van der Waals surface area (Å²) in [7, 11) is -3.83. The zero-order valence-corrected chi connectivity index (χ0v) is 9.41. The fourth-order valence-electron chi connectivity index (χ4n) is 0.623. The topological polar surface area (TPSA) is 72.8 Å². The Morgan fingerprint density at radius 3 is 2.43 bits per heavy atom. The van der Waals surface area contributed by atoms with Gasteiger partial charge in [-0.3, -0.25) is 4.57 Å². The van der Waals surface area contributed by atoms with Crippen molar-refractivity contribution in [1.82, 2.24) is 0 Å². The van der Waals surface area contributed by atoms with E-state index in [0.29, 0.717) is 0 Å². The molecule has 0 aromatic carbocycles. The highest BCUT2D eigenvalue weighted by molar-refractivity contribution is 7.52. The van der Waals surface area contributed by atoms with Crippen LogP contribution in [-0.4, -0.2) is 23.3 Å². The number of rotatable bonds is 5. The Morgan fingerprint density at radius 1 is 1.57 bits per heavy atom. The first kappa shape index (κ1) is 13.4. The van der Waals surface area contributed by atoms with Gasteiger partial charge in [-0.2, -0.15) is 0 Å². The first-order chi connectivity index (χ1) is 6.24. The minimum absolute atomic E-state index is 0.176. The predicted molar refractivity (Wildman–Crippen MR) is 51.8 cm³/mol. The number of hydrogen-bond donors (Lipinski definition) is 1. The van der Waals surface area contributed by atoms with Gasteiger partial charge >= 0.3 is 13.6 Å². The number of carbonyl (C=O) groups excluding carboxylic acids is 1. The van der Waals surface area contributed by atoms with E-state index in [-0.39, 0.29) is 5.57 Å². The Labute approximate surface area is 83.3 Å². The summed E-state index contributed by atoms with van der Waals surface area (Å²) in [5.41, 5.74) is 0.176. The Hall–Kier alpha value is -0.640. The van der Waals surface area contributed by atoms with Crippen LogP contribution < -0.4 is 0 Å². The van der Waals surface area contributed by atoms with E-state index in [9.17, 15) is 9.36 Å². The molecule has 0 aliphatic carbocycles. The quantitative estimate of drug-likeness (QED) is 0.435. The van der Waals surface area contributed by atoms with Crippen molar-refractivity contribution >= 4 is 13.6 Å². The van der Waals surface area contributed by atoms with Gasteiger partial charge in [0.25, 0.3) is 0 Å². The van der Waals surface area contributed by atoms with E-state index in [1.807, 2.05) is 0 Å². The van der Waals surface area contributed by atoms with Gasteiger partial charge in [-0.25, -0.2) is 4.79 Å². The second-order valence-electron chi connectivity index (χ2n) is 3.13. The van der Waals surface area contributed by atoms with Gasteiger partial charge in [-0.15, -0.1) is 0 Å². The van der Waals surface area contributed by atoms with E-state index >= 15 is 0 Å². The minimum Gasteiger partial charge on any atom is -0.449 e. The SMILES string of the molecule is C=C(C)C(=O)OCP(=O)(O)OC(C)C. The fraction of sp³-hybridized carbons (Fsp3) is 0.625. The molecular formula is C8H15O5P. The molecule has 0 aromatic rings. The molecule has 0 saturated heterocycles. The summed E-state index contributed by atoms with van der Waals surface area (Å²) in [6, 6.07) is 0. The Balaban J connectivity index is 4.06. The molecule has 14 heavy (non-hydrogen) atoms. The highest BCUT2D eigenvalue weighted by Gasteiger charge is 2.23. The maximum absolute atomic E-state index is 11.2. The maximum atomic E-state index is 11.2. The van der Waals surface area contributed by atoms with Gasteiger partial charge in [0.1, 0.15) is 0 Å². The Kier molecular flexibility index (Phi) is 5.05. The second kappa shape index (κ2) is 5.29. The first-order valence-corrected chi connectivity index (χ1v) is 5.84. The normalized spacial score (nSPS) is 14.9. The van der Waals surface area contributed by atoms with E-state index in [0.717, 1.165) is 0 Å². The van der Waals surface area contributed by atoms with Gasteiger partial charge in [0.15, 0.2) is 6.35 Å². The molecule has 0 fully saturated rings. The van der Waals surface area contributed by atoms with Gasteiger partial charge in [-0.05, 0) is 20.8 Å². The molecule has 6 heteroatoms. The molecule has 82 valence electrons. The van der Waals surface area contributed by atoms with Crippen LogP contribution in [0.3, 0.4) is 0 Å². The highest BCUT2D eigenvalue weighted by Crippen LogP contribution is 2.43. The second-order valence-corrected chi connectivity index (χ2v) is 4.88. The molecule has 0 aliphatic rings. The number of ether oxygens (including phenoxy) is 1. The van der Waals surface area contributed by atoms with Gasteiger partial charge in [-0.1, -0.05) is 6.58 Å². The van der Waals surface area contributed by atoms with Crippen LogP contribution in [0.25, 0.3) is 0 Å². The third kappa shape index (κ3) is 5.91. The summed E-state index contributed by atoms with van der Waals surface area (Å²) in [5.74, 6) is -0.702. The summed E-state index contributed by atoms with van der Waals surface area (Å²) < 4.78 is 20.3. The van der Waals surface area contributed by atoms with E-state index in [2.05, 4.69) is 15.8 Å². The molecule has 0 amide bonds. The summed E-state index contributed by atoms with van der Waals surface area (Å²) in [5, 5.41) is 0. The van der Waals surface area contributed by atoms with Crippen molar-refractivity contribution in [2.24, 2.45) is 0 Å². The van der Waals surface area contributed by atoms with Crippen molar-refractivity contribution < 1.29 is 23.5 Å². The minimum atomic E-state index is -3.83. The lowest BCUT2D eigenvalue weighted by Crippen LogP contribution is -2.10. The van der Waals surface area contributed by atoms with Gasteiger partial charge < -0.3 is 14.2 Å². The molecule has 0 saturated carbocycles. The third-order valence-electron chi connectivity index (χ3n) is 1.08. The van der Waals surface area contributed by atoms with Crippen LogP contribution in [0.2, 0.25) is 0 Å². The monoisotopic (exact) mass is 222 g/mol. The van der Waals surface area contributed by atoms with Crippen molar-refractivity contribution in [3.63, 3.8) is 0 Å². The average molecular weight is 222 g/mol. The van der Waals surface area contributed by atoms with Crippen LogP contribution in [-0.2, 0) is 18.6 Å². The molecule has 0 rings (SSSR count).